The molecule has 60 valence electrons. The highest BCUT2D eigenvalue weighted by atomic mass is 16.1. The standard InChI is InChI=1S/C6H10N4O/c1-4(11)3-5-8-6(7)9-10(5)2/h3H2,1-2H3,(H2,7,9). The summed E-state index contributed by atoms with van der Waals surface area (Å²) in [6.45, 7) is 1.50. The van der Waals surface area contributed by atoms with Crippen LogP contribution in [0.2, 0.25) is 0 Å². The Balaban J connectivity index is 2.85. The number of carbonyl (C=O) groups excluding carboxylic acids is 1. The van der Waals surface area contributed by atoms with Gasteiger partial charge in [0.25, 0.3) is 0 Å². The third-order valence-corrected chi connectivity index (χ3v) is 1.28. The van der Waals surface area contributed by atoms with Gasteiger partial charge in [0.15, 0.2) is 0 Å². The van der Waals surface area contributed by atoms with Crippen LogP contribution in [0.15, 0.2) is 0 Å². The minimum absolute atomic E-state index is 0.0560. The molecule has 0 aliphatic rings. The zero-order valence-corrected chi connectivity index (χ0v) is 6.53. The predicted molar refractivity (Wildman–Crippen MR) is 39.8 cm³/mol. The van der Waals surface area contributed by atoms with Crippen LogP contribution in [0.25, 0.3) is 0 Å². The van der Waals surface area contributed by atoms with Crippen molar-refractivity contribution in [2.45, 2.75) is 13.3 Å². The predicted octanol–water partition coefficient (Wildman–Crippen LogP) is -0.471. The van der Waals surface area contributed by atoms with Crippen LogP contribution in [0, 0.1) is 0 Å². The van der Waals surface area contributed by atoms with E-state index in [1.54, 1.807) is 7.05 Å². The molecule has 1 heterocycles. The number of aromatic nitrogens is 3. The van der Waals surface area contributed by atoms with Gasteiger partial charge in [-0.15, -0.1) is 5.10 Å². The topological polar surface area (TPSA) is 73.8 Å². The molecule has 0 amide bonds. The van der Waals surface area contributed by atoms with Gasteiger partial charge < -0.3 is 5.73 Å². The second kappa shape index (κ2) is 2.69. The summed E-state index contributed by atoms with van der Waals surface area (Å²) in [4.78, 5) is 14.5. The zero-order chi connectivity index (χ0) is 8.43. The highest BCUT2D eigenvalue weighted by Crippen LogP contribution is 1.98. The third kappa shape index (κ3) is 1.76. The normalized spacial score (nSPS) is 10.0. The van der Waals surface area contributed by atoms with Gasteiger partial charge in [-0.3, -0.25) is 9.48 Å². The lowest BCUT2D eigenvalue weighted by molar-refractivity contribution is -0.116. The number of ketones is 1. The maximum atomic E-state index is 10.7. The number of hydrogen-bond acceptors (Lipinski definition) is 4. The quantitative estimate of drug-likeness (QED) is 0.624. The van der Waals surface area contributed by atoms with Crippen molar-refractivity contribution in [2.24, 2.45) is 7.05 Å². The van der Waals surface area contributed by atoms with Crippen molar-refractivity contribution in [1.29, 1.82) is 0 Å². The molecule has 0 fully saturated rings. The fourth-order valence-electron chi connectivity index (χ4n) is 0.815. The Morgan fingerprint density at radius 3 is 2.73 bits per heavy atom. The number of rotatable bonds is 2. The number of carbonyl (C=O) groups is 1. The number of nitrogens with two attached hydrogens (primary N) is 1. The van der Waals surface area contributed by atoms with E-state index in [-0.39, 0.29) is 11.7 Å². The lowest BCUT2D eigenvalue weighted by Crippen LogP contribution is -2.04. The molecule has 0 aromatic carbocycles. The number of Topliss-reactive ketones (excluding diaryl/α,β-unsaturated/α-hetero) is 1. The molecule has 0 unspecified atom stereocenters. The van der Waals surface area contributed by atoms with E-state index >= 15 is 0 Å². The number of hydrogen-bond donors (Lipinski definition) is 1. The second-order valence-electron chi connectivity index (χ2n) is 2.39. The highest BCUT2D eigenvalue weighted by Gasteiger charge is 2.05. The average Bonchev–Trinajstić information content (AvgIpc) is 2.09. The second-order valence-corrected chi connectivity index (χ2v) is 2.39. The third-order valence-electron chi connectivity index (χ3n) is 1.28. The van der Waals surface area contributed by atoms with Crippen LogP contribution in [-0.2, 0) is 18.3 Å². The minimum Gasteiger partial charge on any atom is -0.366 e. The Morgan fingerprint density at radius 1 is 1.73 bits per heavy atom. The van der Waals surface area contributed by atoms with E-state index < -0.39 is 0 Å². The van der Waals surface area contributed by atoms with Crippen LogP contribution in [-0.4, -0.2) is 20.5 Å². The lowest BCUT2D eigenvalue weighted by atomic mass is 10.3. The average molecular weight is 154 g/mol. The molecule has 1 aromatic heterocycles. The van der Waals surface area contributed by atoms with E-state index in [1.807, 2.05) is 0 Å². The minimum atomic E-state index is 0.0560. The van der Waals surface area contributed by atoms with Crippen LogP contribution < -0.4 is 5.73 Å². The molecule has 5 nitrogen and oxygen atoms in total. The van der Waals surface area contributed by atoms with Gasteiger partial charge in [-0.25, -0.2) is 0 Å². The molecule has 1 rings (SSSR count). The van der Waals surface area contributed by atoms with Gasteiger partial charge in [-0.1, -0.05) is 0 Å². The van der Waals surface area contributed by atoms with Crippen molar-refractivity contribution in [3.63, 3.8) is 0 Å². The summed E-state index contributed by atoms with van der Waals surface area (Å²) in [7, 11) is 1.71. The number of anilines is 1. The molecule has 5 heteroatoms. The van der Waals surface area contributed by atoms with Crippen LogP contribution in [0.3, 0.4) is 0 Å². The maximum Gasteiger partial charge on any atom is 0.239 e. The van der Waals surface area contributed by atoms with E-state index in [0.29, 0.717) is 12.2 Å². The Labute approximate surface area is 64.2 Å². The number of aryl methyl sites for hydroxylation is 1. The van der Waals surface area contributed by atoms with E-state index in [0.717, 1.165) is 0 Å². The van der Waals surface area contributed by atoms with Crippen molar-refractivity contribution in [2.75, 3.05) is 5.73 Å². The molecule has 0 saturated heterocycles. The van der Waals surface area contributed by atoms with Crippen LogP contribution in [0.5, 0.6) is 0 Å². The molecule has 0 radical (unpaired) electrons. The highest BCUT2D eigenvalue weighted by molar-refractivity contribution is 5.77. The van der Waals surface area contributed by atoms with Gasteiger partial charge in [0.2, 0.25) is 5.95 Å². The van der Waals surface area contributed by atoms with Crippen LogP contribution in [0.1, 0.15) is 12.7 Å². The Bertz CT molecular complexity index is 278. The molecule has 1 aromatic rings. The first-order valence-electron chi connectivity index (χ1n) is 3.24. The molecule has 2 N–H and O–H groups in total. The van der Waals surface area contributed by atoms with Gasteiger partial charge in [0, 0.05) is 7.05 Å². The van der Waals surface area contributed by atoms with Gasteiger partial charge in [-0.05, 0) is 6.92 Å². The van der Waals surface area contributed by atoms with E-state index in [2.05, 4.69) is 10.1 Å². The first-order chi connectivity index (χ1) is 5.09. The van der Waals surface area contributed by atoms with Crippen molar-refractivity contribution in [3.05, 3.63) is 5.82 Å². The Morgan fingerprint density at radius 2 is 2.36 bits per heavy atom. The SMILES string of the molecule is CC(=O)Cc1nc(N)nn1C. The molecule has 0 spiro atoms. The number of nitrogens with zero attached hydrogens (tertiary/aromatic N) is 3. The smallest absolute Gasteiger partial charge is 0.239 e. The summed E-state index contributed by atoms with van der Waals surface area (Å²) in [5.41, 5.74) is 5.30. The van der Waals surface area contributed by atoms with Gasteiger partial charge in [0.05, 0.1) is 6.42 Å². The van der Waals surface area contributed by atoms with Crippen molar-refractivity contribution in [1.82, 2.24) is 14.8 Å². The lowest BCUT2D eigenvalue weighted by Gasteiger charge is -1.93. The van der Waals surface area contributed by atoms with Gasteiger partial charge >= 0.3 is 0 Å². The van der Waals surface area contributed by atoms with E-state index in [9.17, 15) is 4.79 Å². The summed E-state index contributed by atoms with van der Waals surface area (Å²) in [5, 5.41) is 3.80. The summed E-state index contributed by atoms with van der Waals surface area (Å²) in [6, 6.07) is 0. The van der Waals surface area contributed by atoms with Gasteiger partial charge in [0.1, 0.15) is 11.6 Å². The molecule has 0 bridgehead atoms. The summed E-state index contributed by atoms with van der Waals surface area (Å²) >= 11 is 0. The first-order valence-corrected chi connectivity index (χ1v) is 3.24. The fraction of sp³-hybridized carbons (Fsp3) is 0.500. The molecular formula is C6H10N4O. The van der Waals surface area contributed by atoms with E-state index in [4.69, 9.17) is 5.73 Å². The molecule has 0 atom stereocenters. The van der Waals surface area contributed by atoms with Crippen molar-refractivity contribution < 1.29 is 4.79 Å². The summed E-state index contributed by atoms with van der Waals surface area (Å²) in [5.74, 6) is 0.874. The molecule has 0 aliphatic carbocycles. The Hall–Kier alpha value is -1.39. The number of nitrogen functional groups attached to an aromatic ring is 1. The monoisotopic (exact) mass is 154 g/mol. The molecule has 0 saturated carbocycles. The zero-order valence-electron chi connectivity index (χ0n) is 6.53. The maximum absolute atomic E-state index is 10.7. The van der Waals surface area contributed by atoms with Crippen LogP contribution in [0.4, 0.5) is 5.95 Å². The van der Waals surface area contributed by atoms with E-state index in [1.165, 1.54) is 11.6 Å². The molecular weight excluding hydrogens is 144 g/mol. The fourth-order valence-corrected chi connectivity index (χ4v) is 0.815. The largest absolute Gasteiger partial charge is 0.366 e. The van der Waals surface area contributed by atoms with Crippen molar-refractivity contribution in [3.8, 4) is 0 Å². The first kappa shape index (κ1) is 7.71. The van der Waals surface area contributed by atoms with Crippen LogP contribution >= 0.6 is 0 Å². The molecule has 0 aliphatic heterocycles. The molecule has 11 heavy (non-hydrogen) atoms. The summed E-state index contributed by atoms with van der Waals surface area (Å²) in [6.07, 6.45) is 0.292. The van der Waals surface area contributed by atoms with Crippen molar-refractivity contribution >= 4 is 11.7 Å². The summed E-state index contributed by atoms with van der Waals surface area (Å²) < 4.78 is 1.51. The Kier molecular flexibility index (Phi) is 1.89. The van der Waals surface area contributed by atoms with Gasteiger partial charge in [-0.2, -0.15) is 4.98 Å².